The number of hydrogen-bond acceptors (Lipinski definition) is 10. The molecule has 1 unspecified atom stereocenters. The number of carbonyl (C=O) groups is 1. The Morgan fingerprint density at radius 1 is 1.11 bits per heavy atom. The number of anilines is 1. The van der Waals surface area contributed by atoms with Gasteiger partial charge >= 0.3 is 5.97 Å². The van der Waals surface area contributed by atoms with E-state index in [1.165, 1.54) is 18.0 Å². The maximum Gasteiger partial charge on any atom is 0.335 e. The van der Waals surface area contributed by atoms with Crippen molar-refractivity contribution in [3.8, 4) is 17.1 Å². The number of aryl methyl sites for hydroxylation is 3. The summed E-state index contributed by atoms with van der Waals surface area (Å²) >= 11 is 1.20. The van der Waals surface area contributed by atoms with Crippen LogP contribution < -0.4 is 14.8 Å². The van der Waals surface area contributed by atoms with E-state index in [4.69, 9.17) is 14.1 Å². The van der Waals surface area contributed by atoms with Crippen LogP contribution in [0.3, 0.4) is 0 Å². The Morgan fingerprint density at radius 3 is 2.62 bits per heavy atom. The molecule has 1 aliphatic carbocycles. The van der Waals surface area contributed by atoms with Crippen LogP contribution in [0.5, 0.6) is 5.88 Å². The fourth-order valence-electron chi connectivity index (χ4n) is 5.69. The summed E-state index contributed by atoms with van der Waals surface area (Å²) < 4.78 is 30.6. The molecular weight excluding hydrogens is 619 g/mol. The van der Waals surface area contributed by atoms with Gasteiger partial charge in [0, 0.05) is 41.6 Å². The Labute approximate surface area is 276 Å². The number of carboxylic acid groups (broad SMARTS) is 1. The second-order valence-corrected chi connectivity index (χ2v) is 12.8. The van der Waals surface area contributed by atoms with Crippen molar-refractivity contribution in [2.24, 2.45) is 0 Å². The van der Waals surface area contributed by atoms with Crippen LogP contribution in [0.2, 0.25) is 0 Å². The zero-order chi connectivity index (χ0) is 33.0. The molecule has 0 spiro atoms. The molecular formula is C35H37FN6O4S. The van der Waals surface area contributed by atoms with Crippen LogP contribution in [0, 0.1) is 13.8 Å². The van der Waals surface area contributed by atoms with Gasteiger partial charge in [0.15, 0.2) is 0 Å². The molecule has 10 nitrogen and oxygen atoms in total. The van der Waals surface area contributed by atoms with Crippen LogP contribution in [-0.4, -0.2) is 49.3 Å². The molecule has 12 heteroatoms. The summed E-state index contributed by atoms with van der Waals surface area (Å²) in [6, 6.07) is 16.0. The van der Waals surface area contributed by atoms with E-state index in [1.54, 1.807) is 30.5 Å². The first kappa shape index (κ1) is 32.4. The molecule has 0 radical (unpaired) electrons. The van der Waals surface area contributed by atoms with E-state index in [9.17, 15) is 9.90 Å². The smallest absolute Gasteiger partial charge is 0.335 e. The largest absolute Gasteiger partial charge is 0.478 e. The van der Waals surface area contributed by atoms with Gasteiger partial charge in [-0.05, 0) is 80.8 Å². The third-order valence-corrected chi connectivity index (χ3v) is 9.11. The third kappa shape index (κ3) is 7.88. The van der Waals surface area contributed by atoms with Crippen LogP contribution in [0.25, 0.3) is 22.5 Å². The van der Waals surface area contributed by atoms with Crippen molar-refractivity contribution < 1.29 is 23.4 Å². The summed E-state index contributed by atoms with van der Waals surface area (Å²) in [4.78, 5) is 30.6. The molecule has 1 atom stereocenters. The van der Waals surface area contributed by atoms with Gasteiger partial charge in [0.1, 0.15) is 23.6 Å². The average molecular weight is 657 g/mol. The predicted molar refractivity (Wildman–Crippen MR) is 179 cm³/mol. The Bertz CT molecular complexity index is 1880. The van der Waals surface area contributed by atoms with Gasteiger partial charge in [0.2, 0.25) is 17.5 Å². The molecule has 1 aliphatic rings. The van der Waals surface area contributed by atoms with E-state index >= 15 is 4.39 Å². The van der Waals surface area contributed by atoms with E-state index < -0.39 is 11.6 Å². The predicted octanol–water partition coefficient (Wildman–Crippen LogP) is 7.50. The molecule has 0 amide bonds. The van der Waals surface area contributed by atoms with Crippen molar-refractivity contribution in [3.05, 3.63) is 88.9 Å². The number of halogens is 1. The summed E-state index contributed by atoms with van der Waals surface area (Å²) in [5.74, 6) is 0.453. The molecule has 3 heterocycles. The Kier molecular flexibility index (Phi) is 9.69. The first-order valence-corrected chi connectivity index (χ1v) is 16.5. The number of hydrogen-bond donors (Lipinski definition) is 3. The number of aromatic carboxylic acids is 1. The lowest BCUT2D eigenvalue weighted by molar-refractivity contribution is 0.0346. The van der Waals surface area contributed by atoms with Gasteiger partial charge in [-0.3, -0.25) is 4.72 Å². The number of benzene rings is 2. The van der Waals surface area contributed by atoms with Crippen LogP contribution >= 0.6 is 11.9 Å². The lowest BCUT2D eigenvalue weighted by Gasteiger charge is -2.36. The van der Waals surface area contributed by atoms with E-state index in [0.717, 1.165) is 41.0 Å². The summed E-state index contributed by atoms with van der Waals surface area (Å²) in [6.45, 7) is 6.62. The van der Waals surface area contributed by atoms with Gasteiger partial charge in [-0.15, -0.1) is 0 Å². The van der Waals surface area contributed by atoms with Gasteiger partial charge in [-0.1, -0.05) is 31.2 Å². The number of nitrogens with one attached hydrogen (secondary N) is 2. The number of rotatable bonds is 14. The maximum atomic E-state index is 15.4. The summed E-state index contributed by atoms with van der Waals surface area (Å²) in [5.41, 5.74) is 4.61. The molecule has 1 saturated carbocycles. The minimum atomic E-state index is -1.24. The molecule has 2 aromatic carbocycles. The number of aromatic nitrogens is 4. The highest BCUT2D eigenvalue weighted by Crippen LogP contribution is 2.40. The van der Waals surface area contributed by atoms with Gasteiger partial charge in [0.05, 0.1) is 23.1 Å². The van der Waals surface area contributed by atoms with E-state index in [-0.39, 0.29) is 18.2 Å². The molecule has 0 aliphatic heterocycles. The number of furan rings is 1. The van der Waals surface area contributed by atoms with Gasteiger partial charge in [-0.25, -0.2) is 24.1 Å². The standard InChI is InChI=1S/C35H37FN6O4S/c1-4-26-15-29-32(46-26)38-19-25(39-29)18-37-24(17-35(36)12-7-13-35)20-45-30-16-28(31-21(2)8-5-9-22(31)3)40-34(41-30)42-47-27-11-6-10-23(14-27)33(43)44/h5-6,8-11,14-16,19,24,37H,4,7,12-13,17-18,20H2,1-3H3,(H,43,44)(H,40,41,42). The Balaban J connectivity index is 1.22. The van der Waals surface area contributed by atoms with Crippen molar-refractivity contribution in [1.82, 2.24) is 25.3 Å². The van der Waals surface area contributed by atoms with Crippen LogP contribution in [-0.2, 0) is 13.0 Å². The molecule has 47 heavy (non-hydrogen) atoms. The minimum Gasteiger partial charge on any atom is -0.478 e. The highest BCUT2D eigenvalue weighted by Gasteiger charge is 2.39. The maximum absolute atomic E-state index is 15.4. The van der Waals surface area contributed by atoms with Crippen molar-refractivity contribution >= 4 is 35.1 Å². The lowest BCUT2D eigenvalue weighted by Crippen LogP contribution is -2.44. The number of carboxylic acids is 1. The Hall–Kier alpha value is -4.55. The summed E-state index contributed by atoms with van der Waals surface area (Å²) in [7, 11) is 0. The van der Waals surface area contributed by atoms with Crippen LogP contribution in [0.1, 0.15) is 65.5 Å². The first-order valence-electron chi connectivity index (χ1n) is 15.7. The zero-order valence-electron chi connectivity index (χ0n) is 26.5. The quantitative estimate of drug-likeness (QED) is 0.103. The fraction of sp³-hybridized carbons (Fsp3) is 0.343. The van der Waals surface area contributed by atoms with Crippen LogP contribution in [0.15, 0.2) is 70.1 Å². The van der Waals surface area contributed by atoms with E-state index in [1.807, 2.05) is 45.0 Å². The molecule has 0 bridgehead atoms. The highest BCUT2D eigenvalue weighted by molar-refractivity contribution is 8.00. The van der Waals surface area contributed by atoms with Crippen LogP contribution in [0.4, 0.5) is 10.3 Å². The second kappa shape index (κ2) is 14.1. The number of alkyl halides is 1. The lowest BCUT2D eigenvalue weighted by atomic mass is 9.77. The van der Waals surface area contributed by atoms with Gasteiger partial charge in [-0.2, -0.15) is 4.98 Å². The molecule has 5 aromatic rings. The van der Waals surface area contributed by atoms with E-state index in [2.05, 4.69) is 25.0 Å². The Morgan fingerprint density at radius 2 is 1.89 bits per heavy atom. The molecule has 244 valence electrons. The SMILES string of the molecule is CCc1cc2nc(CNC(COc3cc(-c4c(C)cccc4C)nc(NSc4cccc(C(=O)O)c4)n3)CC3(F)CCC3)cnc2o1. The normalized spacial score (nSPS) is 14.5. The van der Waals surface area contributed by atoms with Gasteiger partial charge < -0.3 is 19.6 Å². The first-order chi connectivity index (χ1) is 22.7. The molecule has 3 N–H and O–H groups in total. The highest BCUT2D eigenvalue weighted by atomic mass is 32.2. The molecule has 3 aromatic heterocycles. The third-order valence-electron chi connectivity index (χ3n) is 8.34. The second-order valence-electron chi connectivity index (χ2n) is 11.9. The van der Waals surface area contributed by atoms with E-state index in [0.29, 0.717) is 59.5 Å². The van der Waals surface area contributed by atoms with Crippen molar-refractivity contribution in [2.75, 3.05) is 11.3 Å². The van der Waals surface area contributed by atoms with Crippen molar-refractivity contribution in [2.45, 2.75) is 76.0 Å². The summed E-state index contributed by atoms with van der Waals surface area (Å²) in [6.07, 6.45) is 4.66. The van der Waals surface area contributed by atoms with Crippen molar-refractivity contribution in [1.29, 1.82) is 0 Å². The number of nitrogens with zero attached hydrogens (tertiary/aromatic N) is 4. The number of fused-ring (bicyclic) bond motifs is 1. The zero-order valence-corrected chi connectivity index (χ0v) is 27.4. The fourth-order valence-corrected chi connectivity index (χ4v) is 6.32. The van der Waals surface area contributed by atoms with Crippen molar-refractivity contribution in [3.63, 3.8) is 0 Å². The molecule has 6 rings (SSSR count). The monoisotopic (exact) mass is 656 g/mol. The minimum absolute atomic E-state index is 0.170. The molecule has 1 fully saturated rings. The summed E-state index contributed by atoms with van der Waals surface area (Å²) in [5, 5.41) is 12.8. The number of ether oxygens (including phenoxy) is 1. The molecule has 0 saturated heterocycles. The topological polar surface area (TPSA) is 135 Å². The van der Waals surface area contributed by atoms with Gasteiger partial charge in [0.25, 0.3) is 0 Å². The average Bonchev–Trinajstić information content (AvgIpc) is 3.47.